The van der Waals surface area contributed by atoms with E-state index in [0.29, 0.717) is 34.7 Å². The van der Waals surface area contributed by atoms with Crippen LogP contribution in [-0.4, -0.2) is 37.3 Å². The summed E-state index contributed by atoms with van der Waals surface area (Å²) in [6.45, 7) is 0.223. The number of hydrogen-bond acceptors (Lipinski definition) is 6. The first kappa shape index (κ1) is 22.3. The number of amides is 3. The summed E-state index contributed by atoms with van der Waals surface area (Å²) in [6.07, 6.45) is 5.49. The van der Waals surface area contributed by atoms with Gasteiger partial charge in [0.05, 0.1) is 30.6 Å². The molecule has 3 amide bonds. The average Bonchev–Trinajstić information content (AvgIpc) is 3.59. The van der Waals surface area contributed by atoms with Gasteiger partial charge >= 0.3 is 5.97 Å². The van der Waals surface area contributed by atoms with Crippen molar-refractivity contribution >= 4 is 35.1 Å². The molecule has 0 unspecified atom stereocenters. The fourth-order valence-corrected chi connectivity index (χ4v) is 6.97. The lowest BCUT2D eigenvalue weighted by atomic mass is 9.63. The number of carbonyl (C=O) groups excluding carboxylic acids is 4. The van der Waals surface area contributed by atoms with Gasteiger partial charge in [0.25, 0.3) is 0 Å². The minimum Gasteiger partial charge on any atom is -0.497 e. The van der Waals surface area contributed by atoms with Crippen molar-refractivity contribution in [2.75, 3.05) is 23.5 Å². The predicted molar refractivity (Wildman–Crippen MR) is 133 cm³/mol. The van der Waals surface area contributed by atoms with Gasteiger partial charge in [0.2, 0.25) is 17.7 Å². The van der Waals surface area contributed by atoms with E-state index < -0.39 is 11.9 Å². The van der Waals surface area contributed by atoms with Gasteiger partial charge in [0.1, 0.15) is 11.5 Å². The number of imide groups is 1. The zero-order valence-corrected chi connectivity index (χ0v) is 20.3. The Hall–Kier alpha value is -3.94. The van der Waals surface area contributed by atoms with E-state index in [1.165, 1.54) is 4.90 Å². The van der Waals surface area contributed by atoms with Crippen LogP contribution in [0.15, 0.2) is 60.7 Å². The molecule has 4 fully saturated rings. The number of hydrogen-bond donors (Lipinski definition) is 0. The Morgan fingerprint density at radius 1 is 0.865 bits per heavy atom. The monoisotopic (exact) mass is 498 g/mol. The average molecular weight is 499 g/mol. The lowest BCUT2D eigenvalue weighted by Gasteiger charge is -2.37. The Morgan fingerprint density at radius 2 is 1.54 bits per heavy atom. The van der Waals surface area contributed by atoms with Crippen molar-refractivity contribution in [2.24, 2.45) is 41.4 Å². The summed E-state index contributed by atoms with van der Waals surface area (Å²) < 4.78 is 10.8. The van der Waals surface area contributed by atoms with Crippen molar-refractivity contribution in [3.05, 3.63) is 60.7 Å². The molecule has 8 heteroatoms. The summed E-state index contributed by atoms with van der Waals surface area (Å²) in [4.78, 5) is 54.9. The molecule has 0 spiro atoms. The lowest BCUT2D eigenvalue weighted by Crippen LogP contribution is -2.40. The minimum atomic E-state index is -0.599. The van der Waals surface area contributed by atoms with Gasteiger partial charge in [-0.2, -0.15) is 0 Å². The zero-order valence-electron chi connectivity index (χ0n) is 20.3. The number of carbonyl (C=O) groups is 4. The molecule has 0 radical (unpaired) electrons. The highest BCUT2D eigenvalue weighted by atomic mass is 16.5. The van der Waals surface area contributed by atoms with Crippen LogP contribution in [0, 0.1) is 41.4 Å². The normalized spacial score (nSPS) is 33.0. The molecule has 2 saturated heterocycles. The van der Waals surface area contributed by atoms with Gasteiger partial charge < -0.3 is 14.4 Å². The van der Waals surface area contributed by atoms with Gasteiger partial charge in [-0.05, 0) is 66.5 Å². The largest absolute Gasteiger partial charge is 0.497 e. The maximum atomic E-state index is 13.3. The number of anilines is 2. The highest BCUT2D eigenvalue weighted by molar-refractivity contribution is 6.22. The molecule has 2 aliphatic heterocycles. The first-order valence-electron chi connectivity index (χ1n) is 12.8. The van der Waals surface area contributed by atoms with E-state index in [4.69, 9.17) is 9.47 Å². The summed E-state index contributed by atoms with van der Waals surface area (Å²) in [5.41, 5.74) is 1.17. The zero-order chi connectivity index (χ0) is 25.4. The Balaban J connectivity index is 1.03. The van der Waals surface area contributed by atoms with Crippen molar-refractivity contribution in [2.45, 2.75) is 12.8 Å². The van der Waals surface area contributed by atoms with Crippen molar-refractivity contribution in [1.82, 2.24) is 0 Å². The van der Waals surface area contributed by atoms with Gasteiger partial charge in [0, 0.05) is 24.7 Å². The Morgan fingerprint density at radius 3 is 2.19 bits per heavy atom. The van der Waals surface area contributed by atoms with Gasteiger partial charge in [-0.25, -0.2) is 0 Å². The van der Waals surface area contributed by atoms with Crippen LogP contribution in [0.4, 0.5) is 11.4 Å². The maximum Gasteiger partial charge on any atom is 0.316 e. The van der Waals surface area contributed by atoms with E-state index >= 15 is 0 Å². The predicted octanol–water partition coefficient (Wildman–Crippen LogP) is 3.21. The molecule has 4 aliphatic carbocycles. The number of methoxy groups -OCH3 is 1. The van der Waals surface area contributed by atoms with Crippen molar-refractivity contribution in [3.8, 4) is 11.5 Å². The third-order valence-corrected chi connectivity index (χ3v) is 8.80. The molecule has 0 N–H and O–H groups in total. The van der Waals surface area contributed by atoms with Crippen molar-refractivity contribution < 1.29 is 28.7 Å². The molecule has 2 saturated carbocycles. The van der Waals surface area contributed by atoms with Gasteiger partial charge in [-0.3, -0.25) is 24.1 Å². The van der Waals surface area contributed by atoms with E-state index in [-0.39, 0.29) is 54.4 Å². The molecule has 2 bridgehead atoms. The van der Waals surface area contributed by atoms with Crippen LogP contribution in [0.1, 0.15) is 12.8 Å². The number of nitrogens with zero attached hydrogens (tertiary/aromatic N) is 2. The quantitative estimate of drug-likeness (QED) is 0.272. The van der Waals surface area contributed by atoms with Gasteiger partial charge in [0.15, 0.2) is 0 Å². The second kappa shape index (κ2) is 8.03. The fourth-order valence-electron chi connectivity index (χ4n) is 6.97. The van der Waals surface area contributed by atoms with Crippen LogP contribution in [0.2, 0.25) is 0 Å². The molecule has 0 aromatic heterocycles. The molecule has 2 aromatic carbocycles. The molecule has 8 rings (SSSR count). The molecular weight excluding hydrogens is 472 g/mol. The second-order valence-corrected chi connectivity index (χ2v) is 10.7. The molecule has 6 aliphatic rings. The third-order valence-electron chi connectivity index (χ3n) is 8.80. The second-order valence-electron chi connectivity index (χ2n) is 10.7. The standard InChI is InChI=1S/C29H26N2O6/c1-36-19-4-2-3-17(12-19)30-14-15(11-24(30)32)29(35)37-18-7-5-16(6-8-18)31-27(33)25-20-9-10-21(23-13-22(20)23)26(25)28(31)34/h2-10,12,15,20-23,25-26H,11,13-14H2,1H3/t15-,20+,21+,22-,23+,25-,26-/m0/s1. The van der Waals surface area contributed by atoms with E-state index in [9.17, 15) is 19.2 Å². The number of esters is 1. The van der Waals surface area contributed by atoms with Crippen LogP contribution in [-0.2, 0) is 19.2 Å². The molecule has 8 nitrogen and oxygen atoms in total. The first-order valence-corrected chi connectivity index (χ1v) is 12.8. The molecule has 2 aromatic rings. The molecule has 188 valence electrons. The molecule has 7 atom stereocenters. The van der Waals surface area contributed by atoms with E-state index in [1.54, 1.807) is 60.5 Å². The molecule has 37 heavy (non-hydrogen) atoms. The van der Waals surface area contributed by atoms with Crippen molar-refractivity contribution in [3.63, 3.8) is 0 Å². The summed E-state index contributed by atoms with van der Waals surface area (Å²) >= 11 is 0. The lowest BCUT2D eigenvalue weighted by molar-refractivity contribution is -0.139. The van der Waals surface area contributed by atoms with Gasteiger partial charge in [-0.15, -0.1) is 0 Å². The van der Waals surface area contributed by atoms with Crippen LogP contribution in [0.3, 0.4) is 0 Å². The fraction of sp³-hybridized carbons (Fsp3) is 0.379. The van der Waals surface area contributed by atoms with Crippen LogP contribution in [0.5, 0.6) is 11.5 Å². The van der Waals surface area contributed by atoms with E-state index in [0.717, 1.165) is 6.42 Å². The highest BCUT2D eigenvalue weighted by Gasteiger charge is 2.67. The number of ether oxygens (including phenoxy) is 2. The number of allylic oxidation sites excluding steroid dienone is 2. The van der Waals surface area contributed by atoms with Crippen LogP contribution in [0.25, 0.3) is 0 Å². The smallest absolute Gasteiger partial charge is 0.316 e. The van der Waals surface area contributed by atoms with Crippen LogP contribution < -0.4 is 19.3 Å². The summed E-state index contributed by atoms with van der Waals surface area (Å²) in [5.74, 6) is 0.399. The number of benzene rings is 2. The van der Waals surface area contributed by atoms with Gasteiger partial charge in [-0.1, -0.05) is 18.2 Å². The summed E-state index contributed by atoms with van der Waals surface area (Å²) in [7, 11) is 1.56. The third kappa shape index (κ3) is 3.35. The van der Waals surface area contributed by atoms with E-state index in [1.807, 2.05) is 0 Å². The topological polar surface area (TPSA) is 93.2 Å². The molecule has 2 heterocycles. The van der Waals surface area contributed by atoms with Crippen molar-refractivity contribution in [1.29, 1.82) is 0 Å². The number of rotatable bonds is 5. The van der Waals surface area contributed by atoms with E-state index in [2.05, 4.69) is 12.2 Å². The molecular formula is C29H26N2O6. The Kier molecular flexibility index (Phi) is 4.83. The minimum absolute atomic E-state index is 0.0615. The Labute approximate surface area is 213 Å². The first-order chi connectivity index (χ1) is 17.9. The summed E-state index contributed by atoms with van der Waals surface area (Å²) in [6, 6.07) is 13.6. The Bertz CT molecular complexity index is 1330. The van der Waals surface area contributed by atoms with Crippen LogP contribution >= 0.6 is 0 Å². The summed E-state index contributed by atoms with van der Waals surface area (Å²) in [5, 5.41) is 0. The highest BCUT2D eigenvalue weighted by Crippen LogP contribution is 2.65. The maximum absolute atomic E-state index is 13.3. The SMILES string of the molecule is COc1cccc(N2C[C@@H](C(=O)Oc3ccc(N4C(=O)[C@H]5[C@@H]6C=C[C@H]([C@@H]7C[C@H]67)[C@@H]5C4=O)cc3)CC2=O)c1.